The summed E-state index contributed by atoms with van der Waals surface area (Å²) in [6.45, 7) is 4.42. The van der Waals surface area contributed by atoms with E-state index in [0.717, 1.165) is 6.42 Å². The van der Waals surface area contributed by atoms with E-state index in [1.165, 1.54) is 11.1 Å². The van der Waals surface area contributed by atoms with Gasteiger partial charge in [-0.15, -0.1) is 0 Å². The molecular formula is C12H19N. The van der Waals surface area contributed by atoms with Gasteiger partial charge in [-0.05, 0) is 38.6 Å². The highest BCUT2D eigenvalue weighted by Crippen LogP contribution is 2.18. The van der Waals surface area contributed by atoms with Crippen molar-refractivity contribution in [2.45, 2.75) is 26.3 Å². The highest BCUT2D eigenvalue weighted by atomic mass is 15.1. The molecule has 1 atom stereocenters. The van der Waals surface area contributed by atoms with E-state index < -0.39 is 0 Å². The third kappa shape index (κ3) is 2.56. The van der Waals surface area contributed by atoms with Crippen molar-refractivity contribution in [1.82, 2.24) is 4.90 Å². The van der Waals surface area contributed by atoms with Gasteiger partial charge in [-0.25, -0.2) is 0 Å². The van der Waals surface area contributed by atoms with Gasteiger partial charge in [0.2, 0.25) is 0 Å². The van der Waals surface area contributed by atoms with E-state index in [2.05, 4.69) is 57.1 Å². The predicted molar refractivity (Wildman–Crippen MR) is 57.9 cm³/mol. The highest BCUT2D eigenvalue weighted by molar-refractivity contribution is 5.25. The quantitative estimate of drug-likeness (QED) is 0.686. The van der Waals surface area contributed by atoms with Crippen molar-refractivity contribution in [3.8, 4) is 0 Å². The normalized spacial score (nSPS) is 13.3. The molecule has 0 radical (unpaired) electrons. The van der Waals surface area contributed by atoms with Crippen molar-refractivity contribution >= 4 is 0 Å². The second-order valence-electron chi connectivity index (χ2n) is 3.74. The van der Waals surface area contributed by atoms with Gasteiger partial charge in [0.15, 0.2) is 0 Å². The van der Waals surface area contributed by atoms with Crippen LogP contribution in [0.4, 0.5) is 0 Å². The second kappa shape index (κ2) is 4.43. The lowest BCUT2D eigenvalue weighted by Crippen LogP contribution is -2.16. The molecule has 13 heavy (non-hydrogen) atoms. The maximum Gasteiger partial charge on any atom is 0.0313 e. The van der Waals surface area contributed by atoms with Gasteiger partial charge in [0.25, 0.3) is 0 Å². The minimum absolute atomic E-state index is 0.506. The van der Waals surface area contributed by atoms with Crippen LogP contribution in [0.15, 0.2) is 24.3 Å². The first kappa shape index (κ1) is 10.3. The van der Waals surface area contributed by atoms with Crippen LogP contribution < -0.4 is 0 Å². The van der Waals surface area contributed by atoms with Gasteiger partial charge in [0, 0.05) is 6.04 Å². The van der Waals surface area contributed by atoms with Crippen LogP contribution in [0.1, 0.15) is 31.0 Å². The van der Waals surface area contributed by atoms with Crippen LogP contribution in [-0.4, -0.2) is 19.0 Å². The Bertz CT molecular complexity index is 266. The number of benzene rings is 1. The van der Waals surface area contributed by atoms with Gasteiger partial charge >= 0.3 is 0 Å². The molecule has 1 aromatic rings. The van der Waals surface area contributed by atoms with E-state index in [1.807, 2.05) is 0 Å². The molecule has 0 aliphatic rings. The maximum atomic E-state index is 2.30. The Balaban J connectivity index is 2.88. The number of nitrogens with zero attached hydrogens (tertiary/aromatic N) is 1. The van der Waals surface area contributed by atoms with E-state index in [-0.39, 0.29) is 0 Å². The van der Waals surface area contributed by atoms with Gasteiger partial charge < -0.3 is 4.90 Å². The Hall–Kier alpha value is -0.820. The van der Waals surface area contributed by atoms with E-state index in [1.54, 1.807) is 0 Å². The number of hydrogen-bond donors (Lipinski definition) is 0. The number of aryl methyl sites for hydroxylation is 1. The fourth-order valence-corrected chi connectivity index (χ4v) is 1.37. The molecular weight excluding hydrogens is 158 g/mol. The van der Waals surface area contributed by atoms with E-state index in [4.69, 9.17) is 0 Å². The van der Waals surface area contributed by atoms with E-state index in [0.29, 0.717) is 6.04 Å². The van der Waals surface area contributed by atoms with E-state index >= 15 is 0 Å². The molecule has 0 aliphatic heterocycles. The highest BCUT2D eigenvalue weighted by Gasteiger charge is 2.06. The van der Waals surface area contributed by atoms with Gasteiger partial charge in [-0.2, -0.15) is 0 Å². The van der Waals surface area contributed by atoms with E-state index in [9.17, 15) is 0 Å². The second-order valence-corrected chi connectivity index (χ2v) is 3.74. The smallest absolute Gasteiger partial charge is 0.0313 e. The standard InChI is InChI=1S/C12H19N/c1-5-11-7-6-8-12(9-11)10(2)13(3)4/h6-10H,5H2,1-4H3/t10-/m0/s1. The Kier molecular flexibility index (Phi) is 3.49. The first-order valence-corrected chi connectivity index (χ1v) is 4.90. The lowest BCUT2D eigenvalue weighted by atomic mass is 10.0. The molecule has 0 aliphatic carbocycles. The van der Waals surface area contributed by atoms with Crippen LogP contribution in [0.3, 0.4) is 0 Å². The van der Waals surface area contributed by atoms with Crippen molar-refractivity contribution in [3.05, 3.63) is 35.4 Å². The average Bonchev–Trinajstić information content (AvgIpc) is 2.16. The van der Waals surface area contributed by atoms with Crippen LogP contribution in [0.5, 0.6) is 0 Å². The van der Waals surface area contributed by atoms with Crippen molar-refractivity contribution in [2.75, 3.05) is 14.1 Å². The molecule has 0 unspecified atom stereocenters. The van der Waals surface area contributed by atoms with Crippen LogP contribution >= 0.6 is 0 Å². The fraction of sp³-hybridized carbons (Fsp3) is 0.500. The molecule has 0 amide bonds. The summed E-state index contributed by atoms with van der Waals surface area (Å²) in [6, 6.07) is 9.33. The summed E-state index contributed by atoms with van der Waals surface area (Å²) < 4.78 is 0. The average molecular weight is 177 g/mol. The topological polar surface area (TPSA) is 3.24 Å². The molecule has 0 fully saturated rings. The van der Waals surface area contributed by atoms with Crippen LogP contribution in [-0.2, 0) is 6.42 Å². The molecule has 0 saturated heterocycles. The molecule has 0 bridgehead atoms. The monoisotopic (exact) mass is 177 g/mol. The third-order valence-electron chi connectivity index (χ3n) is 2.62. The van der Waals surface area contributed by atoms with Gasteiger partial charge in [-0.3, -0.25) is 0 Å². The minimum atomic E-state index is 0.506. The molecule has 0 spiro atoms. The third-order valence-corrected chi connectivity index (χ3v) is 2.62. The van der Waals surface area contributed by atoms with Crippen LogP contribution in [0.25, 0.3) is 0 Å². The number of hydrogen-bond acceptors (Lipinski definition) is 1. The molecule has 1 rings (SSSR count). The Morgan fingerprint density at radius 1 is 1.31 bits per heavy atom. The zero-order chi connectivity index (χ0) is 9.84. The van der Waals surface area contributed by atoms with Crippen molar-refractivity contribution < 1.29 is 0 Å². The molecule has 0 aromatic heterocycles. The molecule has 1 nitrogen and oxygen atoms in total. The summed E-state index contributed by atoms with van der Waals surface area (Å²) in [5.41, 5.74) is 2.83. The molecule has 0 heterocycles. The molecule has 1 heteroatoms. The zero-order valence-corrected chi connectivity index (χ0v) is 9.04. The van der Waals surface area contributed by atoms with Crippen molar-refractivity contribution in [1.29, 1.82) is 0 Å². The van der Waals surface area contributed by atoms with Crippen LogP contribution in [0, 0.1) is 0 Å². The Labute approximate surface area is 81.4 Å². The summed E-state index contributed by atoms with van der Waals surface area (Å²) in [5, 5.41) is 0. The summed E-state index contributed by atoms with van der Waals surface area (Å²) in [6.07, 6.45) is 1.12. The summed E-state index contributed by atoms with van der Waals surface area (Å²) >= 11 is 0. The fourth-order valence-electron chi connectivity index (χ4n) is 1.37. The van der Waals surface area contributed by atoms with Gasteiger partial charge in [-0.1, -0.05) is 31.2 Å². The summed E-state index contributed by atoms with van der Waals surface area (Å²) in [4.78, 5) is 2.23. The minimum Gasteiger partial charge on any atom is -0.303 e. The van der Waals surface area contributed by atoms with Gasteiger partial charge in [0.1, 0.15) is 0 Å². The maximum absolute atomic E-state index is 2.30. The molecule has 72 valence electrons. The SMILES string of the molecule is CCc1cccc([C@H](C)N(C)C)c1. The number of rotatable bonds is 3. The van der Waals surface area contributed by atoms with Gasteiger partial charge in [0.05, 0.1) is 0 Å². The Morgan fingerprint density at radius 2 is 2.00 bits per heavy atom. The van der Waals surface area contributed by atoms with Crippen LogP contribution in [0.2, 0.25) is 0 Å². The molecule has 0 N–H and O–H groups in total. The molecule has 0 saturated carbocycles. The first-order valence-electron chi connectivity index (χ1n) is 4.90. The lowest BCUT2D eigenvalue weighted by Gasteiger charge is -2.20. The molecule has 1 aromatic carbocycles. The zero-order valence-electron chi connectivity index (χ0n) is 9.04. The summed E-state index contributed by atoms with van der Waals surface area (Å²) in [5.74, 6) is 0. The van der Waals surface area contributed by atoms with Crippen molar-refractivity contribution in [2.24, 2.45) is 0 Å². The first-order chi connectivity index (χ1) is 6.15. The largest absolute Gasteiger partial charge is 0.303 e. The lowest BCUT2D eigenvalue weighted by molar-refractivity contribution is 0.321. The van der Waals surface area contributed by atoms with Crippen molar-refractivity contribution in [3.63, 3.8) is 0 Å². The Morgan fingerprint density at radius 3 is 2.54 bits per heavy atom. The predicted octanol–water partition coefficient (Wildman–Crippen LogP) is 2.87. The summed E-state index contributed by atoms with van der Waals surface area (Å²) in [7, 11) is 4.23.